The molecule has 0 saturated carbocycles. The zero-order valence-corrected chi connectivity index (χ0v) is 17.3. The van der Waals surface area contributed by atoms with Crippen molar-refractivity contribution in [1.82, 2.24) is 0 Å². The Morgan fingerprint density at radius 1 is 0.871 bits per heavy atom. The van der Waals surface area contributed by atoms with Gasteiger partial charge in [0.15, 0.2) is 5.90 Å². The molecule has 1 atom stereocenters. The average molecular weight is 427 g/mol. The summed E-state index contributed by atoms with van der Waals surface area (Å²) in [5.41, 5.74) is 0.740. The number of hydrogen-bond acceptors (Lipinski definition) is 3. The minimum atomic E-state index is -4.39. The average Bonchev–Trinajstić information content (AvgIpc) is 2.73. The third kappa shape index (κ3) is 6.10. The highest BCUT2D eigenvalue weighted by atomic mass is 19.4. The van der Waals surface area contributed by atoms with E-state index < -0.39 is 17.7 Å². The fraction of sp³-hybridized carbons (Fsp3) is 0.240. The number of para-hydroxylation sites is 1. The van der Waals surface area contributed by atoms with Gasteiger partial charge >= 0.3 is 6.18 Å². The lowest BCUT2D eigenvalue weighted by Gasteiger charge is -2.23. The van der Waals surface area contributed by atoms with E-state index in [4.69, 9.17) is 14.9 Å². The van der Waals surface area contributed by atoms with Crippen LogP contribution in [0.25, 0.3) is 0 Å². The molecule has 3 nitrogen and oxygen atoms in total. The summed E-state index contributed by atoms with van der Waals surface area (Å²) < 4.78 is 50.1. The van der Waals surface area contributed by atoms with Gasteiger partial charge in [0, 0.05) is 0 Å². The van der Waals surface area contributed by atoms with Gasteiger partial charge < -0.3 is 9.47 Å². The molecule has 1 N–H and O–H groups in total. The normalized spacial score (nSPS) is 12.5. The van der Waals surface area contributed by atoms with Gasteiger partial charge in [-0.25, -0.2) is 0 Å². The van der Waals surface area contributed by atoms with Crippen LogP contribution in [-0.4, -0.2) is 5.90 Å². The number of hydrogen-bond donors (Lipinski definition) is 1. The molecule has 3 aromatic carbocycles. The van der Waals surface area contributed by atoms with Crippen molar-refractivity contribution in [2.24, 2.45) is 5.92 Å². The van der Waals surface area contributed by atoms with Crippen LogP contribution in [0.1, 0.15) is 36.5 Å². The van der Waals surface area contributed by atoms with E-state index in [9.17, 15) is 13.2 Å². The van der Waals surface area contributed by atoms with E-state index in [0.717, 1.165) is 23.4 Å². The van der Waals surface area contributed by atoms with E-state index in [-0.39, 0.29) is 18.4 Å². The Morgan fingerprint density at radius 3 is 2.13 bits per heavy atom. The molecule has 0 aliphatic carbocycles. The van der Waals surface area contributed by atoms with Crippen LogP contribution in [0.4, 0.5) is 13.2 Å². The van der Waals surface area contributed by atoms with E-state index in [1.165, 1.54) is 12.1 Å². The second kappa shape index (κ2) is 9.69. The zero-order chi connectivity index (χ0) is 22.4. The molecule has 0 aliphatic rings. The minimum Gasteiger partial charge on any atom is -0.476 e. The van der Waals surface area contributed by atoms with E-state index >= 15 is 0 Å². The third-order valence-corrected chi connectivity index (χ3v) is 4.82. The van der Waals surface area contributed by atoms with Crippen LogP contribution in [-0.2, 0) is 17.5 Å². The number of ether oxygens (including phenoxy) is 2. The van der Waals surface area contributed by atoms with Gasteiger partial charge in [-0.2, -0.15) is 13.2 Å². The standard InChI is InChI=1S/C25H24F3NO2/c1-17(2)23(19-11-13-20(14-12-19)25(26,27)28)24(29)30-16-18-7-6-10-22(15-18)31-21-8-4-3-5-9-21/h3-15,17,23,29H,16H2,1-2H3. The van der Waals surface area contributed by atoms with Crippen LogP contribution in [0.3, 0.4) is 0 Å². The fourth-order valence-corrected chi connectivity index (χ4v) is 3.29. The molecule has 3 aromatic rings. The van der Waals surface area contributed by atoms with Crippen LogP contribution >= 0.6 is 0 Å². The topological polar surface area (TPSA) is 42.3 Å². The molecule has 6 heteroatoms. The van der Waals surface area contributed by atoms with Crippen LogP contribution < -0.4 is 4.74 Å². The Hall–Kier alpha value is -3.28. The zero-order valence-electron chi connectivity index (χ0n) is 17.3. The Morgan fingerprint density at radius 2 is 1.52 bits per heavy atom. The summed E-state index contributed by atoms with van der Waals surface area (Å²) in [4.78, 5) is 0. The highest BCUT2D eigenvalue weighted by Gasteiger charge is 2.31. The number of alkyl halides is 3. The molecule has 162 valence electrons. The first-order chi connectivity index (χ1) is 14.7. The molecular formula is C25H24F3NO2. The van der Waals surface area contributed by atoms with E-state index in [1.807, 2.05) is 68.4 Å². The summed E-state index contributed by atoms with van der Waals surface area (Å²) in [6.07, 6.45) is -4.39. The number of halogens is 3. The molecule has 0 spiro atoms. The highest BCUT2D eigenvalue weighted by molar-refractivity contribution is 5.81. The van der Waals surface area contributed by atoms with Gasteiger partial charge in [-0.05, 0) is 53.4 Å². The molecule has 0 saturated heterocycles. The smallest absolute Gasteiger partial charge is 0.416 e. The van der Waals surface area contributed by atoms with Gasteiger partial charge in [-0.1, -0.05) is 56.3 Å². The van der Waals surface area contributed by atoms with Crippen LogP contribution in [0, 0.1) is 11.3 Å². The number of benzene rings is 3. The van der Waals surface area contributed by atoms with Crippen LogP contribution in [0.15, 0.2) is 78.9 Å². The highest BCUT2D eigenvalue weighted by Crippen LogP contribution is 2.32. The third-order valence-electron chi connectivity index (χ3n) is 4.82. The van der Waals surface area contributed by atoms with E-state index in [1.54, 1.807) is 0 Å². The van der Waals surface area contributed by atoms with Gasteiger partial charge in [-0.15, -0.1) is 0 Å². The molecule has 0 aromatic heterocycles. The summed E-state index contributed by atoms with van der Waals surface area (Å²) in [6.45, 7) is 3.98. The maximum absolute atomic E-state index is 12.8. The van der Waals surface area contributed by atoms with Crippen molar-refractivity contribution in [3.8, 4) is 11.5 Å². The maximum atomic E-state index is 12.8. The summed E-state index contributed by atoms with van der Waals surface area (Å²) in [5.74, 6) is 0.935. The summed E-state index contributed by atoms with van der Waals surface area (Å²) in [5, 5.41) is 8.40. The van der Waals surface area contributed by atoms with Crippen molar-refractivity contribution in [3.05, 3.63) is 95.6 Å². The Bertz CT molecular complexity index is 999. The van der Waals surface area contributed by atoms with Crippen molar-refractivity contribution in [2.45, 2.75) is 32.5 Å². The van der Waals surface area contributed by atoms with Crippen molar-refractivity contribution in [2.75, 3.05) is 0 Å². The van der Waals surface area contributed by atoms with Crippen molar-refractivity contribution < 1.29 is 22.6 Å². The van der Waals surface area contributed by atoms with Crippen molar-refractivity contribution in [1.29, 1.82) is 5.41 Å². The predicted octanol–water partition coefficient (Wildman–Crippen LogP) is 7.43. The molecule has 0 heterocycles. The molecule has 31 heavy (non-hydrogen) atoms. The molecule has 0 bridgehead atoms. The van der Waals surface area contributed by atoms with Gasteiger partial charge in [-0.3, -0.25) is 5.41 Å². The van der Waals surface area contributed by atoms with Crippen molar-refractivity contribution >= 4 is 5.90 Å². The lowest BCUT2D eigenvalue weighted by molar-refractivity contribution is -0.137. The molecule has 0 amide bonds. The monoisotopic (exact) mass is 427 g/mol. The number of nitrogens with one attached hydrogen (secondary N) is 1. The van der Waals surface area contributed by atoms with Gasteiger partial charge in [0.1, 0.15) is 18.1 Å². The molecule has 0 radical (unpaired) electrons. The first-order valence-corrected chi connectivity index (χ1v) is 9.94. The Labute approximate surface area is 180 Å². The summed E-state index contributed by atoms with van der Waals surface area (Å²) in [7, 11) is 0. The Balaban J connectivity index is 1.67. The van der Waals surface area contributed by atoms with Gasteiger partial charge in [0.25, 0.3) is 0 Å². The minimum absolute atomic E-state index is 0.0167. The lowest BCUT2D eigenvalue weighted by Crippen LogP contribution is -2.20. The quantitative estimate of drug-likeness (QED) is 0.315. The lowest BCUT2D eigenvalue weighted by atomic mass is 9.87. The van der Waals surface area contributed by atoms with Crippen molar-refractivity contribution in [3.63, 3.8) is 0 Å². The second-order valence-electron chi connectivity index (χ2n) is 7.56. The Kier molecular flexibility index (Phi) is 7.00. The van der Waals surface area contributed by atoms with E-state index in [0.29, 0.717) is 11.3 Å². The molecule has 0 aliphatic heterocycles. The first-order valence-electron chi connectivity index (χ1n) is 9.94. The molecule has 0 fully saturated rings. The predicted molar refractivity (Wildman–Crippen MR) is 114 cm³/mol. The maximum Gasteiger partial charge on any atom is 0.416 e. The first kappa shape index (κ1) is 22.4. The molecule has 1 unspecified atom stereocenters. The second-order valence-corrected chi connectivity index (χ2v) is 7.56. The molecular weight excluding hydrogens is 403 g/mol. The largest absolute Gasteiger partial charge is 0.476 e. The summed E-state index contributed by atoms with van der Waals surface area (Å²) >= 11 is 0. The SMILES string of the molecule is CC(C)C(C(=N)OCc1cccc(Oc2ccccc2)c1)c1ccc(C(F)(F)F)cc1. The summed E-state index contributed by atoms with van der Waals surface area (Å²) in [6, 6.07) is 21.7. The fourth-order valence-electron chi connectivity index (χ4n) is 3.29. The number of rotatable bonds is 7. The van der Waals surface area contributed by atoms with Crippen LogP contribution in [0.5, 0.6) is 11.5 Å². The molecule has 3 rings (SSSR count). The van der Waals surface area contributed by atoms with Crippen LogP contribution in [0.2, 0.25) is 0 Å². The van der Waals surface area contributed by atoms with Gasteiger partial charge in [0.2, 0.25) is 0 Å². The van der Waals surface area contributed by atoms with E-state index in [2.05, 4.69) is 0 Å². The van der Waals surface area contributed by atoms with Gasteiger partial charge in [0.05, 0.1) is 11.5 Å².